The number of aromatic hydroxyl groups is 1. The first-order chi connectivity index (χ1) is 51.8. The van der Waals surface area contributed by atoms with E-state index in [1.807, 2.05) is 0 Å². The van der Waals surface area contributed by atoms with E-state index < -0.39 is 230 Å². The number of carboxylic acid groups (broad SMARTS) is 3. The number of hydrogen-bond donors (Lipinski definition) is 24. The van der Waals surface area contributed by atoms with Crippen LogP contribution in [0.3, 0.4) is 0 Å². The molecule has 0 unspecified atom stereocenters. The van der Waals surface area contributed by atoms with Crippen LogP contribution in [0.5, 0.6) is 5.75 Å². The lowest BCUT2D eigenvalue weighted by atomic mass is 9.99. The highest BCUT2D eigenvalue weighted by Gasteiger charge is 2.43. The maximum atomic E-state index is 14.8. The van der Waals surface area contributed by atoms with E-state index in [9.17, 15) is 118 Å². The number of benzene rings is 1. The van der Waals surface area contributed by atoms with Gasteiger partial charge in [-0.2, -0.15) is 24.4 Å². The summed E-state index contributed by atoms with van der Waals surface area (Å²) in [7, 11) is 0. The first kappa shape index (κ1) is 97.0. The van der Waals surface area contributed by atoms with Crippen molar-refractivity contribution in [2.75, 3.05) is 50.6 Å². The van der Waals surface area contributed by atoms with Crippen molar-refractivity contribution in [3.05, 3.63) is 29.8 Å². The monoisotopic (exact) mass is 1600 g/mol. The molecule has 1 aliphatic rings. The van der Waals surface area contributed by atoms with Crippen LogP contribution >= 0.6 is 24.4 Å². The Labute approximate surface area is 646 Å². The van der Waals surface area contributed by atoms with Crippen molar-refractivity contribution >= 4 is 119 Å². The maximum absolute atomic E-state index is 14.8. The van der Waals surface area contributed by atoms with Gasteiger partial charge in [0.05, 0.1) is 37.9 Å². The van der Waals surface area contributed by atoms with Crippen molar-refractivity contribution in [1.82, 2.24) is 68.7 Å². The zero-order valence-electron chi connectivity index (χ0n) is 62.7. The van der Waals surface area contributed by atoms with Crippen LogP contribution < -0.4 is 81.0 Å². The zero-order valence-corrected chi connectivity index (χ0v) is 64.4. The minimum Gasteiger partial charge on any atom is -0.508 e. The molecule has 13 amide bonds. The SMILES string of the molecule is CSCC[C@H](NC(=O)[C@@H](NC(=O)[C@@H](N)CS)[C@@H](C)O)C(=O)N[C@H](C(=O)N[C@@H](Cc1ccc(O)cc1)C(=O)N1CCC[C@H]1C(=O)N[C@@H](CO)C(=O)N[C@@H](CC(=O)O)C(=O)N[C@@H](CCC(=O)O)C(=O)N[C@@H](CO)C(=O)N[C@H](C(=O)N[C@@H](CCCCN)C(=O)N[C@@H](CC(C)C)C(=O)N[C@@H](CCCCN)C(=O)O)[C@@H](C)O)C(C)C. The van der Waals surface area contributed by atoms with Crippen LogP contribution in [-0.4, -0.2) is 288 Å². The van der Waals surface area contributed by atoms with Crippen molar-refractivity contribution in [3.63, 3.8) is 0 Å². The first-order valence-electron chi connectivity index (χ1n) is 36.0. The summed E-state index contributed by atoms with van der Waals surface area (Å²) in [6, 6.07) is -17.4. The number of nitrogens with zero attached hydrogens (tertiary/aromatic N) is 1. The third kappa shape index (κ3) is 33.7. The number of carbonyl (C=O) groups is 16. The zero-order chi connectivity index (χ0) is 83.2. The van der Waals surface area contributed by atoms with E-state index in [0.29, 0.717) is 30.6 Å². The molecule has 1 saturated heterocycles. The highest BCUT2D eigenvalue weighted by atomic mass is 32.2. The predicted molar refractivity (Wildman–Crippen MR) is 399 cm³/mol. The average molecular weight is 1600 g/mol. The Bertz CT molecular complexity index is 3270. The van der Waals surface area contributed by atoms with Crippen LogP contribution in [-0.2, 0) is 83.1 Å². The molecule has 1 heterocycles. The number of nitrogens with one attached hydrogen (secondary N) is 12. The molecule has 0 bridgehead atoms. The molecule has 40 nitrogen and oxygen atoms in total. The Morgan fingerprint density at radius 1 is 0.509 bits per heavy atom. The van der Waals surface area contributed by atoms with Crippen molar-refractivity contribution in [2.24, 2.45) is 29.0 Å². The molecular formula is C68H112N16O24S2. The fourth-order valence-electron chi connectivity index (χ4n) is 11.2. The van der Waals surface area contributed by atoms with E-state index in [4.69, 9.17) is 17.2 Å². The molecule has 2 rings (SSSR count). The molecule has 0 spiro atoms. The lowest BCUT2D eigenvalue weighted by molar-refractivity contribution is -0.143. The molecule has 620 valence electrons. The highest BCUT2D eigenvalue weighted by molar-refractivity contribution is 7.98. The third-order valence-corrected chi connectivity index (χ3v) is 18.4. The molecule has 1 aromatic carbocycles. The molecule has 0 saturated carbocycles. The van der Waals surface area contributed by atoms with Crippen molar-refractivity contribution in [1.29, 1.82) is 0 Å². The number of aliphatic hydroxyl groups excluding tert-OH is 4. The second kappa shape index (κ2) is 50.0. The molecule has 42 heteroatoms. The molecule has 1 aliphatic heterocycles. The quantitative estimate of drug-likeness (QED) is 0.0213. The Morgan fingerprint density at radius 3 is 1.42 bits per heavy atom. The van der Waals surface area contributed by atoms with Gasteiger partial charge in [0.1, 0.15) is 84.3 Å². The number of thiol groups is 1. The summed E-state index contributed by atoms with van der Waals surface area (Å²) in [6.45, 7) is 6.64. The van der Waals surface area contributed by atoms with E-state index in [0.717, 1.165) is 11.8 Å². The summed E-state index contributed by atoms with van der Waals surface area (Å²) in [4.78, 5) is 218. The van der Waals surface area contributed by atoms with Crippen LogP contribution in [0, 0.1) is 11.8 Å². The number of nitrogens with two attached hydrogens (primary N) is 3. The average Bonchev–Trinajstić information content (AvgIpc) is 1.62. The van der Waals surface area contributed by atoms with Gasteiger partial charge in [-0.25, -0.2) is 4.79 Å². The Hall–Kier alpha value is -9.04. The highest BCUT2D eigenvalue weighted by Crippen LogP contribution is 2.22. The minimum atomic E-state index is -2.20. The topological polar surface area (TPSA) is 661 Å². The fourth-order valence-corrected chi connectivity index (χ4v) is 11.8. The Balaban J connectivity index is 2.43. The first-order valence-corrected chi connectivity index (χ1v) is 38.0. The van der Waals surface area contributed by atoms with Gasteiger partial charge in [-0.1, -0.05) is 39.8 Å². The number of amides is 13. The number of unbranched alkanes of at least 4 members (excludes halogenated alkanes) is 2. The number of phenolic OH excluding ortho intramolecular Hbond substituents is 1. The number of phenols is 1. The number of carbonyl (C=O) groups excluding carboxylic acids is 13. The van der Waals surface area contributed by atoms with E-state index >= 15 is 0 Å². The van der Waals surface area contributed by atoms with Crippen molar-refractivity contribution < 1.29 is 118 Å². The number of rotatable bonds is 52. The maximum Gasteiger partial charge on any atom is 0.326 e. The number of hydrogen-bond acceptors (Lipinski definition) is 26. The van der Waals surface area contributed by atoms with Gasteiger partial charge in [-0.05, 0) is 139 Å². The van der Waals surface area contributed by atoms with E-state index in [1.165, 1.54) is 43.0 Å². The molecule has 1 aromatic rings. The van der Waals surface area contributed by atoms with Crippen LogP contribution in [0.15, 0.2) is 24.3 Å². The van der Waals surface area contributed by atoms with Gasteiger partial charge in [0.15, 0.2) is 0 Å². The van der Waals surface area contributed by atoms with E-state index in [1.54, 1.807) is 34.0 Å². The van der Waals surface area contributed by atoms with E-state index in [2.05, 4.69) is 76.4 Å². The largest absolute Gasteiger partial charge is 0.508 e. The molecule has 110 heavy (non-hydrogen) atoms. The van der Waals surface area contributed by atoms with Crippen LogP contribution in [0.2, 0.25) is 0 Å². The van der Waals surface area contributed by atoms with E-state index in [-0.39, 0.29) is 88.4 Å². The number of likely N-dealkylation sites (tertiary alicyclic amines) is 1. The summed E-state index contributed by atoms with van der Waals surface area (Å²) in [6.07, 6.45) is -3.43. The van der Waals surface area contributed by atoms with Gasteiger partial charge in [0.2, 0.25) is 76.8 Å². The molecule has 0 aromatic heterocycles. The van der Waals surface area contributed by atoms with Gasteiger partial charge in [0, 0.05) is 25.1 Å². The molecule has 0 radical (unpaired) electrons. The van der Waals surface area contributed by atoms with Crippen LogP contribution in [0.25, 0.3) is 0 Å². The molecule has 1 fully saturated rings. The fraction of sp³-hybridized carbons (Fsp3) is 0.676. The molecule has 0 aliphatic carbocycles. The van der Waals surface area contributed by atoms with Gasteiger partial charge < -0.3 is 127 Å². The predicted octanol–water partition coefficient (Wildman–Crippen LogP) is -7.12. The molecule has 16 atom stereocenters. The van der Waals surface area contributed by atoms with Crippen molar-refractivity contribution in [3.8, 4) is 5.75 Å². The van der Waals surface area contributed by atoms with Crippen LogP contribution in [0.4, 0.5) is 0 Å². The number of carboxylic acids is 3. The lowest BCUT2D eigenvalue weighted by Crippen LogP contribution is -2.62. The molecular weight excluding hydrogens is 1490 g/mol. The van der Waals surface area contributed by atoms with Gasteiger partial charge in [0.25, 0.3) is 0 Å². The number of thioether (sulfide) groups is 1. The summed E-state index contributed by atoms with van der Waals surface area (Å²) in [5.41, 5.74) is 17.4. The lowest BCUT2D eigenvalue weighted by Gasteiger charge is -2.32. The number of aliphatic carboxylic acids is 3. The number of aliphatic hydroxyl groups is 4. The summed E-state index contributed by atoms with van der Waals surface area (Å²) < 4.78 is 0. The normalized spacial score (nSPS) is 16.8. The van der Waals surface area contributed by atoms with Crippen LogP contribution in [0.1, 0.15) is 131 Å². The standard InChI is InChI=1S/C68H112N16O24S2/c1-33(2)27-44(59(98)75-43(68(107)108)14-9-11-24-70)76-56(95)40(13-8-10-23-69)73-66(105)54(36(6)88)83-62(101)48(31-86)79-57(96)41(20-21-50(90)91)72-60(99)45(29-51(92)93)77-61(100)47(30-85)80-63(102)49-15-12-25-84(49)67(106)46(28-37-16-18-38(89)19-17-37)78-64(103)52(34(3)4)81-58(97)42(22-26-110-7)74-65(104)53(35(5)87)82-55(94)39(71)32-109/h16-19,33-36,39-49,52-54,85-89,109H,8-15,20-32,69-71H2,1-7H3,(H,72,99)(H,73,105)(H,74,104)(H,75,98)(H,76,95)(H,77,100)(H,78,103)(H,79,96)(H,80,102)(H,81,97)(H,82,94)(H,83,101)(H,90,91)(H,92,93)(H,107,108)/t35-,36-,39+,40+,41+,42+,43+,44+,45+,46+,47+,48+,49+,52+,53+,54+/m1/s1. The Morgan fingerprint density at radius 2 is 0.927 bits per heavy atom. The third-order valence-electron chi connectivity index (χ3n) is 17.4. The Kier molecular flexibility index (Phi) is 44.1. The van der Waals surface area contributed by atoms with Crippen molar-refractivity contribution in [2.45, 2.75) is 228 Å². The second-order valence-electron chi connectivity index (χ2n) is 27.3. The minimum absolute atomic E-state index is 0.00456. The summed E-state index contributed by atoms with van der Waals surface area (Å²) in [5, 5.41) is 110. The molecule has 26 N–H and O–H groups in total. The summed E-state index contributed by atoms with van der Waals surface area (Å²) >= 11 is 5.30. The summed E-state index contributed by atoms with van der Waals surface area (Å²) in [5.74, 6) is -19.8. The second-order valence-corrected chi connectivity index (χ2v) is 28.6. The van der Waals surface area contributed by atoms with Gasteiger partial charge in [-0.15, -0.1) is 0 Å². The smallest absolute Gasteiger partial charge is 0.326 e. The van der Waals surface area contributed by atoms with Gasteiger partial charge >= 0.3 is 17.9 Å². The van der Waals surface area contributed by atoms with Gasteiger partial charge in [-0.3, -0.25) is 71.9 Å².